The quantitative estimate of drug-likeness (QED) is 0.358. The Kier molecular flexibility index (Phi) is 4.83. The molecule has 5 aromatic rings. The van der Waals surface area contributed by atoms with E-state index in [0.29, 0.717) is 21.5 Å². The molecule has 2 aromatic heterocycles. The van der Waals surface area contributed by atoms with Gasteiger partial charge in [0.25, 0.3) is 5.56 Å². The van der Waals surface area contributed by atoms with E-state index in [1.54, 1.807) is 30.3 Å². The largest absolute Gasteiger partial charge is 0.494 e. The first-order chi connectivity index (χ1) is 15.4. The highest BCUT2D eigenvalue weighted by atomic mass is 32.1. The first-order valence-electron chi connectivity index (χ1n) is 9.97. The second kappa shape index (κ2) is 7.69. The predicted octanol–water partition coefficient (Wildman–Crippen LogP) is 5.81. The Morgan fingerprint density at radius 3 is 2.56 bits per heavy atom. The van der Waals surface area contributed by atoms with Gasteiger partial charge in [-0.1, -0.05) is 47.7 Å². The summed E-state index contributed by atoms with van der Waals surface area (Å²) in [5.74, 6) is -0.990. The summed E-state index contributed by atoms with van der Waals surface area (Å²) in [6, 6.07) is 16.8. The molecule has 2 heterocycles. The number of halogens is 1. The standard InChI is InChI=1S/C25H18FN3O2S/c1-14-11-15(2)22-21(12-14)32-25(28-22)27-13-18-16-7-3-4-8-17(16)23(30)29(24(18)31)20-10-6-5-9-19(20)26/h3-13,31H,1-2H3/b27-13+. The summed E-state index contributed by atoms with van der Waals surface area (Å²) in [5.41, 5.74) is 2.88. The zero-order valence-electron chi connectivity index (χ0n) is 17.3. The lowest BCUT2D eigenvalue weighted by atomic mass is 10.1. The van der Waals surface area contributed by atoms with E-state index in [1.165, 1.54) is 35.8 Å². The van der Waals surface area contributed by atoms with Crippen molar-refractivity contribution >= 4 is 43.7 Å². The molecule has 0 radical (unpaired) electrons. The van der Waals surface area contributed by atoms with Crippen LogP contribution in [0.3, 0.4) is 0 Å². The molecule has 158 valence electrons. The van der Waals surface area contributed by atoms with Crippen LogP contribution in [-0.4, -0.2) is 20.9 Å². The molecule has 0 saturated carbocycles. The Morgan fingerprint density at radius 1 is 1.06 bits per heavy atom. The van der Waals surface area contributed by atoms with Crippen LogP contribution in [0.25, 0.3) is 26.7 Å². The summed E-state index contributed by atoms with van der Waals surface area (Å²) in [6.45, 7) is 4.04. The summed E-state index contributed by atoms with van der Waals surface area (Å²) in [5, 5.41) is 12.4. The zero-order valence-corrected chi connectivity index (χ0v) is 18.2. The fourth-order valence-electron chi connectivity index (χ4n) is 3.88. The molecule has 0 aliphatic carbocycles. The average molecular weight is 444 g/mol. The van der Waals surface area contributed by atoms with Crippen molar-refractivity contribution in [1.82, 2.24) is 9.55 Å². The van der Waals surface area contributed by atoms with Gasteiger partial charge in [-0.2, -0.15) is 0 Å². The number of nitrogens with zero attached hydrogens (tertiary/aromatic N) is 3. The number of pyridine rings is 1. The van der Waals surface area contributed by atoms with Gasteiger partial charge in [0.15, 0.2) is 0 Å². The van der Waals surface area contributed by atoms with Gasteiger partial charge in [-0.15, -0.1) is 0 Å². The van der Waals surface area contributed by atoms with Crippen molar-refractivity contribution < 1.29 is 9.50 Å². The van der Waals surface area contributed by atoms with Gasteiger partial charge < -0.3 is 5.11 Å². The fourth-order valence-corrected chi connectivity index (χ4v) is 4.87. The highest BCUT2D eigenvalue weighted by Gasteiger charge is 2.18. The Balaban J connectivity index is 1.73. The van der Waals surface area contributed by atoms with Gasteiger partial charge in [0.05, 0.1) is 21.5 Å². The second-order valence-corrected chi connectivity index (χ2v) is 8.57. The zero-order chi connectivity index (χ0) is 22.4. The minimum Gasteiger partial charge on any atom is -0.494 e. The van der Waals surface area contributed by atoms with Crippen LogP contribution in [0.15, 0.2) is 70.5 Å². The number of hydrogen-bond donors (Lipinski definition) is 1. The van der Waals surface area contributed by atoms with Gasteiger partial charge in [-0.25, -0.2) is 18.9 Å². The van der Waals surface area contributed by atoms with E-state index >= 15 is 0 Å². The summed E-state index contributed by atoms with van der Waals surface area (Å²) in [4.78, 5) is 22.2. The molecule has 0 bridgehead atoms. The Labute approximate surface area is 186 Å². The third kappa shape index (κ3) is 3.27. The van der Waals surface area contributed by atoms with Crippen molar-refractivity contribution in [2.24, 2.45) is 4.99 Å². The molecule has 0 fully saturated rings. The number of rotatable bonds is 3. The molecule has 0 saturated heterocycles. The number of aliphatic imine (C=N–C) groups is 1. The van der Waals surface area contributed by atoms with Crippen molar-refractivity contribution in [2.75, 3.05) is 0 Å². The molecule has 0 amide bonds. The van der Waals surface area contributed by atoms with E-state index in [0.717, 1.165) is 25.9 Å². The third-order valence-electron chi connectivity index (χ3n) is 5.32. The van der Waals surface area contributed by atoms with Crippen LogP contribution in [0.4, 0.5) is 9.52 Å². The average Bonchev–Trinajstić information content (AvgIpc) is 3.18. The number of aromatic nitrogens is 2. The maximum Gasteiger partial charge on any atom is 0.265 e. The highest BCUT2D eigenvalue weighted by molar-refractivity contribution is 7.22. The van der Waals surface area contributed by atoms with Gasteiger partial charge in [0.2, 0.25) is 11.0 Å². The normalized spacial score (nSPS) is 11.7. The molecule has 0 aliphatic rings. The first kappa shape index (κ1) is 20.1. The SMILES string of the molecule is Cc1cc(C)c2nc(/N=C/c3c(O)n(-c4ccccc4F)c(=O)c4ccccc34)sc2c1. The van der Waals surface area contributed by atoms with E-state index in [-0.39, 0.29) is 11.6 Å². The molecule has 3 aromatic carbocycles. The predicted molar refractivity (Wildman–Crippen MR) is 128 cm³/mol. The van der Waals surface area contributed by atoms with Crippen LogP contribution in [0.1, 0.15) is 16.7 Å². The van der Waals surface area contributed by atoms with Crippen LogP contribution in [0.2, 0.25) is 0 Å². The van der Waals surface area contributed by atoms with E-state index in [1.807, 2.05) is 13.8 Å². The van der Waals surface area contributed by atoms with E-state index in [2.05, 4.69) is 22.1 Å². The maximum absolute atomic E-state index is 14.5. The molecule has 0 aliphatic heterocycles. The number of aromatic hydroxyl groups is 1. The Bertz CT molecular complexity index is 1600. The number of para-hydroxylation sites is 1. The van der Waals surface area contributed by atoms with Gasteiger partial charge >= 0.3 is 0 Å². The van der Waals surface area contributed by atoms with Crippen LogP contribution in [0, 0.1) is 19.7 Å². The molecular formula is C25H18FN3O2S. The summed E-state index contributed by atoms with van der Waals surface area (Å²) in [7, 11) is 0. The third-order valence-corrected chi connectivity index (χ3v) is 6.23. The summed E-state index contributed by atoms with van der Waals surface area (Å²) >= 11 is 1.44. The molecule has 5 nitrogen and oxygen atoms in total. The van der Waals surface area contributed by atoms with Crippen molar-refractivity contribution in [1.29, 1.82) is 0 Å². The van der Waals surface area contributed by atoms with Crippen LogP contribution < -0.4 is 5.56 Å². The van der Waals surface area contributed by atoms with Crippen LogP contribution >= 0.6 is 11.3 Å². The lowest BCUT2D eigenvalue weighted by molar-refractivity contribution is 0.433. The second-order valence-electron chi connectivity index (χ2n) is 7.56. The maximum atomic E-state index is 14.5. The molecule has 7 heteroatoms. The van der Waals surface area contributed by atoms with Gasteiger partial charge in [-0.05, 0) is 49.2 Å². The molecule has 0 unspecified atom stereocenters. The lowest BCUT2D eigenvalue weighted by Crippen LogP contribution is -2.21. The van der Waals surface area contributed by atoms with Crippen LogP contribution in [-0.2, 0) is 0 Å². The molecule has 32 heavy (non-hydrogen) atoms. The summed E-state index contributed by atoms with van der Waals surface area (Å²) < 4.78 is 16.5. The minimum atomic E-state index is -0.611. The number of thiazole rings is 1. The van der Waals surface area contributed by atoms with Gasteiger partial charge in [0, 0.05) is 17.0 Å². The summed E-state index contributed by atoms with van der Waals surface area (Å²) in [6.07, 6.45) is 1.48. The van der Waals surface area contributed by atoms with Crippen molar-refractivity contribution in [3.05, 3.63) is 93.5 Å². The number of fused-ring (bicyclic) bond motifs is 2. The van der Waals surface area contributed by atoms with E-state index in [4.69, 9.17) is 0 Å². The molecule has 5 rings (SSSR count). The number of hydrogen-bond acceptors (Lipinski definition) is 5. The first-order valence-corrected chi connectivity index (χ1v) is 10.8. The van der Waals surface area contributed by atoms with Crippen molar-refractivity contribution in [3.63, 3.8) is 0 Å². The fraction of sp³-hybridized carbons (Fsp3) is 0.0800. The Morgan fingerprint density at radius 2 is 1.78 bits per heavy atom. The van der Waals surface area contributed by atoms with E-state index in [9.17, 15) is 14.3 Å². The number of aryl methyl sites for hydroxylation is 2. The van der Waals surface area contributed by atoms with Gasteiger partial charge in [0.1, 0.15) is 5.82 Å². The Hall–Kier alpha value is -3.84. The van der Waals surface area contributed by atoms with Crippen LogP contribution in [0.5, 0.6) is 5.88 Å². The molecule has 0 spiro atoms. The highest BCUT2D eigenvalue weighted by Crippen LogP contribution is 2.32. The van der Waals surface area contributed by atoms with E-state index < -0.39 is 11.4 Å². The van der Waals surface area contributed by atoms with Gasteiger partial charge in [-0.3, -0.25) is 4.79 Å². The molecule has 0 atom stereocenters. The van der Waals surface area contributed by atoms with Crippen molar-refractivity contribution in [3.8, 4) is 11.6 Å². The lowest BCUT2D eigenvalue weighted by Gasteiger charge is -2.14. The smallest absolute Gasteiger partial charge is 0.265 e. The topological polar surface area (TPSA) is 67.5 Å². The monoisotopic (exact) mass is 443 g/mol. The number of benzene rings is 3. The minimum absolute atomic E-state index is 0.0264. The molecule has 1 N–H and O–H groups in total. The molecular weight excluding hydrogens is 425 g/mol. The van der Waals surface area contributed by atoms with Crippen molar-refractivity contribution in [2.45, 2.75) is 13.8 Å².